The highest BCUT2D eigenvalue weighted by molar-refractivity contribution is 6.30. The molecule has 2 aromatic rings. The number of rotatable bonds is 1. The van der Waals surface area contributed by atoms with Crippen LogP contribution in [0.2, 0.25) is 5.02 Å². The molecule has 1 fully saturated rings. The Balaban J connectivity index is 1.97. The van der Waals surface area contributed by atoms with Gasteiger partial charge in [-0.15, -0.1) is 5.10 Å². The molecule has 3 heterocycles. The number of ether oxygens (including phenoxy) is 1. The first-order chi connectivity index (χ1) is 7.83. The third-order valence-corrected chi connectivity index (χ3v) is 2.59. The van der Waals surface area contributed by atoms with Gasteiger partial charge in [-0.05, 0) is 0 Å². The molecule has 1 aliphatic rings. The van der Waals surface area contributed by atoms with Crippen molar-refractivity contribution in [1.29, 1.82) is 0 Å². The third kappa shape index (κ3) is 1.75. The molecule has 1 atom stereocenters. The number of halogens is 1. The van der Waals surface area contributed by atoms with Crippen LogP contribution in [-0.2, 0) is 4.74 Å². The van der Waals surface area contributed by atoms with E-state index in [1.165, 1.54) is 0 Å². The van der Waals surface area contributed by atoms with Gasteiger partial charge in [0.15, 0.2) is 5.82 Å². The molecule has 1 unspecified atom stereocenters. The molecular formula is C9H10ClN5O. The van der Waals surface area contributed by atoms with E-state index >= 15 is 0 Å². The Labute approximate surface area is 96.6 Å². The Morgan fingerprint density at radius 2 is 2.50 bits per heavy atom. The number of nitrogens with zero attached hydrogens (tertiary/aromatic N) is 4. The minimum Gasteiger partial charge on any atom is -0.367 e. The summed E-state index contributed by atoms with van der Waals surface area (Å²) in [5, 5.41) is 8.05. The monoisotopic (exact) mass is 239 g/mol. The van der Waals surface area contributed by atoms with Crippen molar-refractivity contribution in [1.82, 2.24) is 24.9 Å². The fourth-order valence-corrected chi connectivity index (χ4v) is 1.78. The van der Waals surface area contributed by atoms with Gasteiger partial charge in [0, 0.05) is 13.1 Å². The van der Waals surface area contributed by atoms with E-state index in [0.717, 1.165) is 13.1 Å². The lowest BCUT2D eigenvalue weighted by Crippen LogP contribution is -2.33. The van der Waals surface area contributed by atoms with Crippen molar-refractivity contribution in [2.45, 2.75) is 6.10 Å². The van der Waals surface area contributed by atoms with E-state index in [1.807, 2.05) is 0 Å². The Kier molecular flexibility index (Phi) is 2.47. The van der Waals surface area contributed by atoms with Crippen LogP contribution >= 0.6 is 11.6 Å². The molecule has 6 nitrogen and oxygen atoms in total. The molecule has 2 aromatic heterocycles. The standard InChI is InChI=1S/C9H10ClN5O/c10-6-3-12-9-13-8(14-15(9)5-6)7-4-11-1-2-16-7/h3,5,7,11H,1-2,4H2. The number of nitrogens with one attached hydrogen (secondary N) is 1. The maximum absolute atomic E-state index is 5.82. The predicted molar refractivity (Wildman–Crippen MR) is 57.4 cm³/mol. The molecule has 0 bridgehead atoms. The fraction of sp³-hybridized carbons (Fsp3) is 0.444. The van der Waals surface area contributed by atoms with Gasteiger partial charge in [-0.1, -0.05) is 11.6 Å². The van der Waals surface area contributed by atoms with Crippen molar-refractivity contribution in [3.05, 3.63) is 23.2 Å². The van der Waals surface area contributed by atoms with Crippen LogP contribution in [-0.4, -0.2) is 39.3 Å². The molecule has 0 spiro atoms. The second-order valence-corrected chi connectivity index (χ2v) is 3.99. The highest BCUT2D eigenvalue weighted by Crippen LogP contribution is 2.16. The molecule has 0 aliphatic carbocycles. The normalized spacial score (nSPS) is 21.4. The first kappa shape index (κ1) is 9.95. The van der Waals surface area contributed by atoms with Crippen LogP contribution in [0.1, 0.15) is 11.9 Å². The van der Waals surface area contributed by atoms with Crippen molar-refractivity contribution in [2.24, 2.45) is 0 Å². The Bertz CT molecular complexity index is 508. The highest BCUT2D eigenvalue weighted by Gasteiger charge is 2.20. The molecule has 1 aliphatic heterocycles. The lowest BCUT2D eigenvalue weighted by atomic mass is 10.3. The van der Waals surface area contributed by atoms with Crippen LogP contribution in [0.5, 0.6) is 0 Å². The van der Waals surface area contributed by atoms with Gasteiger partial charge in [-0.25, -0.2) is 9.50 Å². The number of morpholine rings is 1. The van der Waals surface area contributed by atoms with E-state index < -0.39 is 0 Å². The number of fused-ring (bicyclic) bond motifs is 1. The van der Waals surface area contributed by atoms with Crippen molar-refractivity contribution >= 4 is 17.4 Å². The molecule has 7 heteroatoms. The molecule has 16 heavy (non-hydrogen) atoms. The molecule has 1 N–H and O–H groups in total. The molecule has 0 aromatic carbocycles. The zero-order valence-electron chi connectivity index (χ0n) is 8.43. The van der Waals surface area contributed by atoms with Gasteiger partial charge in [0.05, 0.1) is 24.0 Å². The highest BCUT2D eigenvalue weighted by atomic mass is 35.5. The van der Waals surface area contributed by atoms with Gasteiger partial charge in [-0.3, -0.25) is 0 Å². The Morgan fingerprint density at radius 1 is 1.56 bits per heavy atom. The van der Waals surface area contributed by atoms with Gasteiger partial charge in [0.25, 0.3) is 5.78 Å². The smallest absolute Gasteiger partial charge is 0.252 e. The van der Waals surface area contributed by atoms with Gasteiger partial charge < -0.3 is 10.1 Å². The summed E-state index contributed by atoms with van der Waals surface area (Å²) < 4.78 is 7.13. The van der Waals surface area contributed by atoms with E-state index in [1.54, 1.807) is 16.9 Å². The van der Waals surface area contributed by atoms with Crippen LogP contribution in [0, 0.1) is 0 Å². The molecule has 3 rings (SSSR count). The van der Waals surface area contributed by atoms with Crippen LogP contribution < -0.4 is 5.32 Å². The molecule has 0 amide bonds. The average Bonchev–Trinajstić information content (AvgIpc) is 2.73. The van der Waals surface area contributed by atoms with Gasteiger partial charge >= 0.3 is 0 Å². The van der Waals surface area contributed by atoms with Crippen LogP contribution in [0.25, 0.3) is 5.78 Å². The van der Waals surface area contributed by atoms with Gasteiger partial charge in [0.1, 0.15) is 6.10 Å². The number of aromatic nitrogens is 4. The predicted octanol–water partition coefficient (Wildman–Crippen LogP) is 0.439. The summed E-state index contributed by atoms with van der Waals surface area (Å²) >= 11 is 5.82. The lowest BCUT2D eigenvalue weighted by molar-refractivity contribution is 0.0223. The van der Waals surface area contributed by atoms with Crippen LogP contribution in [0.3, 0.4) is 0 Å². The minimum absolute atomic E-state index is 0.103. The summed E-state index contributed by atoms with van der Waals surface area (Å²) in [7, 11) is 0. The van der Waals surface area contributed by atoms with Gasteiger partial charge in [0.2, 0.25) is 0 Å². The maximum Gasteiger partial charge on any atom is 0.252 e. The van der Waals surface area contributed by atoms with Gasteiger partial charge in [-0.2, -0.15) is 4.98 Å². The maximum atomic E-state index is 5.82. The Morgan fingerprint density at radius 3 is 3.31 bits per heavy atom. The summed E-state index contributed by atoms with van der Waals surface area (Å²) in [6.07, 6.45) is 3.13. The first-order valence-electron chi connectivity index (χ1n) is 5.03. The van der Waals surface area contributed by atoms with E-state index in [2.05, 4.69) is 20.4 Å². The zero-order chi connectivity index (χ0) is 11.0. The molecule has 84 valence electrons. The molecule has 0 radical (unpaired) electrons. The molecule has 1 saturated heterocycles. The van der Waals surface area contributed by atoms with E-state index in [-0.39, 0.29) is 6.10 Å². The van der Waals surface area contributed by atoms with Crippen LogP contribution in [0.15, 0.2) is 12.4 Å². The molecule has 0 saturated carbocycles. The van der Waals surface area contributed by atoms with Crippen molar-refractivity contribution in [2.75, 3.05) is 19.7 Å². The SMILES string of the molecule is Clc1cnc2nc(C3CNCCO3)nn2c1. The first-order valence-corrected chi connectivity index (χ1v) is 5.41. The van der Waals surface area contributed by atoms with E-state index in [9.17, 15) is 0 Å². The quantitative estimate of drug-likeness (QED) is 0.782. The number of hydrogen-bond acceptors (Lipinski definition) is 5. The Hall–Kier alpha value is -1.24. The summed E-state index contributed by atoms with van der Waals surface area (Å²) in [5.74, 6) is 1.18. The average molecular weight is 240 g/mol. The summed E-state index contributed by atoms with van der Waals surface area (Å²) in [6, 6.07) is 0. The summed E-state index contributed by atoms with van der Waals surface area (Å²) in [6.45, 7) is 2.27. The summed E-state index contributed by atoms with van der Waals surface area (Å²) in [4.78, 5) is 8.37. The fourth-order valence-electron chi connectivity index (χ4n) is 1.64. The largest absolute Gasteiger partial charge is 0.367 e. The van der Waals surface area contributed by atoms with E-state index in [4.69, 9.17) is 16.3 Å². The van der Waals surface area contributed by atoms with Crippen LogP contribution in [0.4, 0.5) is 0 Å². The summed E-state index contributed by atoms with van der Waals surface area (Å²) in [5.41, 5.74) is 0. The lowest BCUT2D eigenvalue weighted by Gasteiger charge is -2.20. The van der Waals surface area contributed by atoms with Crippen molar-refractivity contribution in [3.63, 3.8) is 0 Å². The topological polar surface area (TPSA) is 64.3 Å². The molecular weight excluding hydrogens is 230 g/mol. The van der Waals surface area contributed by atoms with Crippen molar-refractivity contribution in [3.8, 4) is 0 Å². The zero-order valence-corrected chi connectivity index (χ0v) is 9.18. The number of hydrogen-bond donors (Lipinski definition) is 1. The van der Waals surface area contributed by atoms with Crippen molar-refractivity contribution < 1.29 is 4.74 Å². The third-order valence-electron chi connectivity index (χ3n) is 2.39. The second kappa shape index (κ2) is 3.97. The minimum atomic E-state index is -0.103. The van der Waals surface area contributed by atoms with E-state index in [0.29, 0.717) is 23.2 Å². The second-order valence-electron chi connectivity index (χ2n) is 3.55.